The maximum absolute atomic E-state index is 12.4. The molecule has 32 heavy (non-hydrogen) atoms. The lowest BCUT2D eigenvalue weighted by Gasteiger charge is -2.19. The summed E-state index contributed by atoms with van der Waals surface area (Å²) in [4.78, 5) is 45.7. The number of nitro benzene ring substituents is 1. The van der Waals surface area contributed by atoms with Crippen molar-refractivity contribution < 1.29 is 28.9 Å². The molecule has 0 fully saturated rings. The molecule has 1 heterocycles. The number of carbonyl (C=O) groups is 3. The normalized spacial score (nSPS) is 11.4. The second kappa shape index (κ2) is 12.2. The van der Waals surface area contributed by atoms with Gasteiger partial charge in [0, 0.05) is 17.7 Å². The number of carbonyl (C=O) groups excluding carboxylic acids is 3. The Morgan fingerprint density at radius 1 is 1.25 bits per heavy atom. The van der Waals surface area contributed by atoms with E-state index in [4.69, 9.17) is 4.42 Å². The van der Waals surface area contributed by atoms with Crippen LogP contribution in [0.3, 0.4) is 0 Å². The third kappa shape index (κ3) is 7.20. The number of hydroxylamine groups is 2. The maximum atomic E-state index is 12.4. The van der Waals surface area contributed by atoms with Crippen LogP contribution in [0.15, 0.2) is 40.8 Å². The summed E-state index contributed by atoms with van der Waals surface area (Å²) in [6, 6.07) is 8.77. The van der Waals surface area contributed by atoms with Gasteiger partial charge in [-0.1, -0.05) is 38.3 Å². The van der Waals surface area contributed by atoms with Crippen molar-refractivity contribution in [3.8, 4) is 11.3 Å². The molecule has 0 radical (unpaired) electrons. The Morgan fingerprint density at radius 2 is 2.03 bits per heavy atom. The predicted octanol–water partition coefficient (Wildman–Crippen LogP) is 2.70. The third-order valence-corrected chi connectivity index (χ3v) is 4.74. The van der Waals surface area contributed by atoms with Crippen molar-refractivity contribution in [1.82, 2.24) is 15.7 Å². The van der Waals surface area contributed by atoms with E-state index in [0.717, 1.165) is 19.3 Å². The van der Waals surface area contributed by atoms with Crippen molar-refractivity contribution in [2.45, 2.75) is 32.6 Å². The van der Waals surface area contributed by atoms with Gasteiger partial charge in [0.05, 0.1) is 24.1 Å². The number of nitrogens with zero attached hydrogens (tertiary/aromatic N) is 2. The molecule has 0 aliphatic carbocycles. The van der Waals surface area contributed by atoms with Crippen LogP contribution in [0.5, 0.6) is 0 Å². The molecule has 0 unspecified atom stereocenters. The lowest BCUT2D eigenvalue weighted by molar-refractivity contribution is -0.384. The summed E-state index contributed by atoms with van der Waals surface area (Å²) in [6.07, 6.45) is 3.36. The second-order valence-electron chi connectivity index (χ2n) is 7.12. The van der Waals surface area contributed by atoms with Crippen LogP contribution in [-0.2, 0) is 9.59 Å². The molecule has 3 N–H and O–H groups in total. The Morgan fingerprint density at radius 3 is 2.72 bits per heavy atom. The van der Waals surface area contributed by atoms with Crippen LogP contribution in [0.4, 0.5) is 5.69 Å². The van der Waals surface area contributed by atoms with E-state index < -0.39 is 22.7 Å². The molecule has 1 aromatic heterocycles. The summed E-state index contributed by atoms with van der Waals surface area (Å²) in [5.41, 5.74) is 0.349. The lowest BCUT2D eigenvalue weighted by atomic mass is 10.0. The Bertz CT molecular complexity index is 944. The van der Waals surface area contributed by atoms with Crippen LogP contribution in [0.25, 0.3) is 11.3 Å². The molecule has 1 atom stereocenters. The Balaban J connectivity index is 1.91. The van der Waals surface area contributed by atoms with E-state index in [1.165, 1.54) is 30.3 Å². The molecule has 0 aliphatic heterocycles. The topological polar surface area (TPSA) is 155 Å². The SMILES string of the molecule is CCCCC[C@H](CN(O)C=O)C(=O)NCNC(=O)c1ccc(-c2cccc([N+](=O)[O-])c2)o1. The number of unbranched alkanes of at least 4 members (excludes halogenated alkanes) is 2. The molecule has 0 saturated heterocycles. The van der Waals surface area contributed by atoms with Gasteiger partial charge >= 0.3 is 0 Å². The van der Waals surface area contributed by atoms with Gasteiger partial charge in [-0.2, -0.15) is 0 Å². The number of hydrogen-bond acceptors (Lipinski definition) is 7. The van der Waals surface area contributed by atoms with Gasteiger partial charge < -0.3 is 15.1 Å². The first kappa shape index (κ1) is 24.5. The minimum Gasteiger partial charge on any atom is -0.451 e. The molecule has 3 amide bonds. The number of nitrogens with one attached hydrogen (secondary N) is 2. The van der Waals surface area contributed by atoms with Gasteiger partial charge in [-0.25, -0.2) is 5.06 Å². The maximum Gasteiger partial charge on any atom is 0.288 e. The molecule has 2 aromatic rings. The summed E-state index contributed by atoms with van der Waals surface area (Å²) < 4.78 is 5.48. The monoisotopic (exact) mass is 446 g/mol. The van der Waals surface area contributed by atoms with Gasteiger partial charge in [0.1, 0.15) is 5.76 Å². The summed E-state index contributed by atoms with van der Waals surface area (Å²) in [7, 11) is 0. The van der Waals surface area contributed by atoms with Gasteiger partial charge in [0.2, 0.25) is 12.3 Å². The predicted molar refractivity (Wildman–Crippen MR) is 113 cm³/mol. The van der Waals surface area contributed by atoms with E-state index >= 15 is 0 Å². The number of furan rings is 1. The first-order valence-electron chi connectivity index (χ1n) is 10.2. The fourth-order valence-corrected chi connectivity index (χ4v) is 3.05. The second-order valence-corrected chi connectivity index (χ2v) is 7.12. The molecule has 11 heteroatoms. The number of rotatable bonds is 13. The van der Waals surface area contributed by atoms with E-state index in [0.29, 0.717) is 17.0 Å². The largest absolute Gasteiger partial charge is 0.451 e. The van der Waals surface area contributed by atoms with Crippen molar-refractivity contribution in [3.63, 3.8) is 0 Å². The zero-order chi connectivity index (χ0) is 23.5. The number of hydrogen-bond donors (Lipinski definition) is 3. The van der Waals surface area contributed by atoms with Crippen LogP contribution in [0.1, 0.15) is 43.2 Å². The molecule has 0 saturated carbocycles. The highest BCUT2D eigenvalue weighted by atomic mass is 16.6. The highest BCUT2D eigenvalue weighted by molar-refractivity contribution is 5.92. The lowest BCUT2D eigenvalue weighted by Crippen LogP contribution is -2.42. The fraction of sp³-hybridized carbons (Fsp3) is 0.381. The van der Waals surface area contributed by atoms with Crippen LogP contribution in [-0.4, -0.2) is 46.6 Å². The molecule has 1 aromatic carbocycles. The summed E-state index contributed by atoms with van der Waals surface area (Å²) in [6.45, 7) is 1.70. The number of amides is 3. The molecule has 172 valence electrons. The van der Waals surface area contributed by atoms with Crippen molar-refractivity contribution in [2.24, 2.45) is 5.92 Å². The number of benzene rings is 1. The fourth-order valence-electron chi connectivity index (χ4n) is 3.05. The smallest absolute Gasteiger partial charge is 0.288 e. The van der Waals surface area contributed by atoms with Crippen molar-refractivity contribution in [2.75, 3.05) is 13.2 Å². The van der Waals surface area contributed by atoms with Gasteiger partial charge in [-0.15, -0.1) is 0 Å². The van der Waals surface area contributed by atoms with E-state index in [-0.39, 0.29) is 36.8 Å². The first-order chi connectivity index (χ1) is 15.3. The summed E-state index contributed by atoms with van der Waals surface area (Å²) in [5.74, 6) is -1.34. The zero-order valence-corrected chi connectivity index (χ0v) is 17.7. The molecule has 2 rings (SSSR count). The van der Waals surface area contributed by atoms with Gasteiger partial charge in [0.15, 0.2) is 5.76 Å². The van der Waals surface area contributed by atoms with Crippen molar-refractivity contribution >= 4 is 23.9 Å². The van der Waals surface area contributed by atoms with Crippen molar-refractivity contribution in [1.29, 1.82) is 0 Å². The Kier molecular flexibility index (Phi) is 9.36. The van der Waals surface area contributed by atoms with Crippen LogP contribution in [0, 0.1) is 16.0 Å². The number of non-ortho nitro benzene ring substituents is 1. The number of nitro groups is 1. The van der Waals surface area contributed by atoms with Gasteiger partial charge in [0.25, 0.3) is 11.6 Å². The van der Waals surface area contributed by atoms with Crippen LogP contribution < -0.4 is 10.6 Å². The summed E-state index contributed by atoms with van der Waals surface area (Å²) >= 11 is 0. The minimum atomic E-state index is -0.613. The van der Waals surface area contributed by atoms with E-state index in [1.807, 2.05) is 6.92 Å². The molecule has 0 bridgehead atoms. The quantitative estimate of drug-likeness (QED) is 0.107. The third-order valence-electron chi connectivity index (χ3n) is 4.74. The summed E-state index contributed by atoms with van der Waals surface area (Å²) in [5, 5.41) is 25.8. The average Bonchev–Trinajstić information content (AvgIpc) is 3.28. The zero-order valence-electron chi connectivity index (χ0n) is 17.7. The molecule has 0 spiro atoms. The molecule has 0 aliphatic rings. The Hall–Kier alpha value is -3.73. The van der Waals surface area contributed by atoms with Crippen molar-refractivity contribution in [3.05, 3.63) is 52.3 Å². The minimum absolute atomic E-state index is 0.0252. The standard InChI is InChI=1S/C21H26N4O7/c1-2-3-4-6-16(12-24(29)14-26)20(27)22-13-23-21(28)19-10-9-18(32-19)15-7-5-8-17(11-15)25(30)31/h5,7-11,14,16,29H,2-4,6,12-13H2,1H3,(H,22,27)(H,23,28)/t16-/m1/s1. The highest BCUT2D eigenvalue weighted by Gasteiger charge is 2.21. The molecule has 11 nitrogen and oxygen atoms in total. The van der Waals surface area contributed by atoms with Gasteiger partial charge in [-0.05, 0) is 18.6 Å². The molecular formula is C21H26N4O7. The van der Waals surface area contributed by atoms with E-state index in [2.05, 4.69) is 10.6 Å². The van der Waals surface area contributed by atoms with Gasteiger partial charge in [-0.3, -0.25) is 29.7 Å². The Labute approximate surface area is 184 Å². The van der Waals surface area contributed by atoms with Crippen LogP contribution >= 0.6 is 0 Å². The first-order valence-corrected chi connectivity index (χ1v) is 10.2. The van der Waals surface area contributed by atoms with Crippen LogP contribution in [0.2, 0.25) is 0 Å². The highest BCUT2D eigenvalue weighted by Crippen LogP contribution is 2.25. The van der Waals surface area contributed by atoms with E-state index in [1.54, 1.807) is 6.07 Å². The molecular weight excluding hydrogens is 420 g/mol. The van der Waals surface area contributed by atoms with E-state index in [9.17, 15) is 29.7 Å². The average molecular weight is 446 g/mol.